The molecule has 0 aromatic heterocycles. The average Bonchev–Trinajstić information content (AvgIpc) is 2.71. The van der Waals surface area contributed by atoms with E-state index in [0.29, 0.717) is 12.5 Å². The predicted octanol–water partition coefficient (Wildman–Crippen LogP) is 3.08. The Bertz CT molecular complexity index is 872. The third-order valence-electron chi connectivity index (χ3n) is 6.67. The number of anilines is 2. The predicted molar refractivity (Wildman–Crippen MR) is 132 cm³/mol. The quantitative estimate of drug-likeness (QED) is 0.426. The lowest BCUT2D eigenvalue weighted by Crippen LogP contribution is -3.14. The van der Waals surface area contributed by atoms with E-state index in [4.69, 9.17) is 0 Å². The van der Waals surface area contributed by atoms with Crippen LogP contribution in [-0.4, -0.2) is 38.8 Å². The van der Waals surface area contributed by atoms with E-state index in [1.165, 1.54) is 5.57 Å². The molecule has 1 aromatic carbocycles. The summed E-state index contributed by atoms with van der Waals surface area (Å²) in [4.78, 5) is 2.34. The molecule has 1 saturated carbocycles. The summed E-state index contributed by atoms with van der Waals surface area (Å²) < 4.78 is 26.4. The molecule has 32 heavy (non-hydrogen) atoms. The number of rotatable bonds is 7. The smallest absolute Gasteiger partial charge is 0.216 e. The molecule has 0 amide bonds. The molecule has 2 fully saturated rings. The molecule has 2 aliphatic rings. The third-order valence-corrected chi connectivity index (χ3v) is 8.83. The van der Waals surface area contributed by atoms with Gasteiger partial charge in [0.05, 0.1) is 10.4 Å². The van der Waals surface area contributed by atoms with E-state index in [2.05, 4.69) is 40.7 Å². The molecular weight excluding hydrogens is 424 g/mol. The van der Waals surface area contributed by atoms with Crippen molar-refractivity contribution in [1.29, 1.82) is 0 Å². The normalized spacial score (nSPS) is 26.1. The van der Waals surface area contributed by atoms with Crippen molar-refractivity contribution in [1.82, 2.24) is 4.72 Å². The maximum absolute atomic E-state index is 12.8. The van der Waals surface area contributed by atoms with E-state index in [9.17, 15) is 13.6 Å². The third kappa shape index (κ3) is 6.47. The van der Waals surface area contributed by atoms with Crippen LogP contribution in [0.3, 0.4) is 0 Å². The Kier molecular flexibility index (Phi) is 7.91. The Morgan fingerprint density at radius 1 is 1.16 bits per heavy atom. The number of hydrogen-bond acceptors (Lipinski definition) is 5. The highest BCUT2D eigenvalue weighted by Crippen LogP contribution is 2.27. The first-order valence-corrected chi connectivity index (χ1v) is 13.2. The summed E-state index contributed by atoms with van der Waals surface area (Å²) in [6.45, 7) is 13.9. The van der Waals surface area contributed by atoms with E-state index >= 15 is 0 Å². The van der Waals surface area contributed by atoms with Gasteiger partial charge in [0.25, 0.3) is 0 Å². The average molecular weight is 465 g/mol. The summed E-state index contributed by atoms with van der Waals surface area (Å²) >= 11 is 0. The SMILES string of the molecule is C=C1C[C@@H](C)CN(c2ccc(N[NH+]([O-])C3CCC(CNS(=O)(=O)C(C)(C)C)CC3)cc2)C1. The van der Waals surface area contributed by atoms with Gasteiger partial charge in [0, 0.05) is 38.2 Å². The highest BCUT2D eigenvalue weighted by atomic mass is 32.2. The molecule has 1 heterocycles. The van der Waals surface area contributed by atoms with Crippen LogP contribution in [0.5, 0.6) is 0 Å². The Balaban J connectivity index is 1.46. The fraction of sp³-hybridized carbons (Fsp3) is 0.667. The van der Waals surface area contributed by atoms with Crippen LogP contribution in [0.2, 0.25) is 0 Å². The van der Waals surface area contributed by atoms with Crippen LogP contribution in [0, 0.1) is 17.0 Å². The molecule has 1 unspecified atom stereocenters. The van der Waals surface area contributed by atoms with Crippen molar-refractivity contribution in [2.45, 2.75) is 70.6 Å². The van der Waals surface area contributed by atoms with Crippen LogP contribution in [0.25, 0.3) is 0 Å². The second kappa shape index (κ2) is 10.1. The first-order valence-electron chi connectivity index (χ1n) is 11.8. The summed E-state index contributed by atoms with van der Waals surface area (Å²) in [5.74, 6) is 0.895. The first-order chi connectivity index (χ1) is 14.9. The van der Waals surface area contributed by atoms with Gasteiger partial charge in [-0.2, -0.15) is 0 Å². The zero-order valence-electron chi connectivity index (χ0n) is 20.0. The molecule has 8 heteroatoms. The Hall–Kier alpha value is -1.61. The van der Waals surface area contributed by atoms with Gasteiger partial charge in [-0.05, 0) is 76.1 Å². The molecule has 1 aliphatic carbocycles. The van der Waals surface area contributed by atoms with Crippen molar-refractivity contribution in [3.63, 3.8) is 0 Å². The van der Waals surface area contributed by atoms with Crippen molar-refractivity contribution in [2.24, 2.45) is 11.8 Å². The van der Waals surface area contributed by atoms with Crippen molar-refractivity contribution in [3.8, 4) is 0 Å². The number of nitrogens with one attached hydrogen (secondary N) is 3. The molecule has 1 saturated heterocycles. The molecule has 0 bridgehead atoms. The fourth-order valence-electron chi connectivity index (χ4n) is 4.60. The minimum Gasteiger partial charge on any atom is -0.608 e. The zero-order valence-corrected chi connectivity index (χ0v) is 20.8. The number of quaternary nitrogens is 1. The van der Waals surface area contributed by atoms with E-state index in [1.54, 1.807) is 20.8 Å². The number of nitrogens with zero attached hydrogens (tertiary/aromatic N) is 1. The van der Waals surface area contributed by atoms with Crippen LogP contribution in [0.4, 0.5) is 11.4 Å². The van der Waals surface area contributed by atoms with Crippen LogP contribution < -0.4 is 20.2 Å². The summed E-state index contributed by atoms with van der Waals surface area (Å²) in [5.41, 5.74) is 6.31. The summed E-state index contributed by atoms with van der Waals surface area (Å²) in [5, 5.41) is 12.8. The summed E-state index contributed by atoms with van der Waals surface area (Å²) in [6.07, 6.45) is 4.40. The molecule has 3 rings (SSSR count). The van der Waals surface area contributed by atoms with Crippen molar-refractivity contribution in [3.05, 3.63) is 41.6 Å². The first kappa shape index (κ1) is 25.0. The van der Waals surface area contributed by atoms with Gasteiger partial charge >= 0.3 is 0 Å². The van der Waals surface area contributed by atoms with Gasteiger partial charge in [0.15, 0.2) is 0 Å². The Labute approximate surface area is 193 Å². The maximum Gasteiger partial charge on any atom is 0.216 e. The van der Waals surface area contributed by atoms with E-state index in [1.807, 2.05) is 12.1 Å². The van der Waals surface area contributed by atoms with Crippen molar-refractivity contribution in [2.75, 3.05) is 30.0 Å². The molecule has 2 atom stereocenters. The van der Waals surface area contributed by atoms with E-state index in [-0.39, 0.29) is 17.1 Å². The second-order valence-electron chi connectivity index (χ2n) is 10.7. The van der Waals surface area contributed by atoms with Crippen molar-refractivity contribution < 1.29 is 13.6 Å². The number of hydroxylamine groups is 1. The molecule has 180 valence electrons. The largest absolute Gasteiger partial charge is 0.608 e. The van der Waals surface area contributed by atoms with E-state index < -0.39 is 14.8 Å². The minimum absolute atomic E-state index is 0.0172. The highest BCUT2D eigenvalue weighted by molar-refractivity contribution is 7.90. The maximum atomic E-state index is 12.8. The second-order valence-corrected chi connectivity index (χ2v) is 13.2. The molecule has 7 nitrogen and oxygen atoms in total. The highest BCUT2D eigenvalue weighted by Gasteiger charge is 2.31. The van der Waals surface area contributed by atoms with Crippen LogP contribution in [-0.2, 0) is 10.0 Å². The number of sulfonamides is 1. The topological polar surface area (TPSA) is 88.9 Å². The van der Waals surface area contributed by atoms with Gasteiger partial charge in [-0.25, -0.2) is 18.6 Å². The van der Waals surface area contributed by atoms with Crippen LogP contribution in [0.15, 0.2) is 36.4 Å². The standard InChI is InChI=1S/C24H40N4O3S/c1-18-14-19(2)17-27(16-18)22-12-8-21(9-13-22)26-28(29)23-10-6-20(7-11-23)15-25-32(30,31)24(3,4)5/h8-9,12-13,19-20,23,25-26,28H,1,6-7,10-11,14-17H2,2-5H3/t19-,20?,23?/m1/s1. The fourth-order valence-corrected chi connectivity index (χ4v) is 5.49. The number of hydrogen-bond donors (Lipinski definition) is 3. The summed E-state index contributed by atoms with van der Waals surface area (Å²) in [7, 11) is -3.32. The van der Waals surface area contributed by atoms with Crippen LogP contribution >= 0.6 is 0 Å². The number of benzene rings is 1. The van der Waals surface area contributed by atoms with Gasteiger partial charge in [-0.15, -0.1) is 0 Å². The molecule has 1 aromatic rings. The number of piperidine rings is 1. The summed E-state index contributed by atoms with van der Waals surface area (Å²) in [6, 6.07) is 8.07. The molecular formula is C24H40N4O3S. The lowest BCUT2D eigenvalue weighted by atomic mass is 9.86. The van der Waals surface area contributed by atoms with E-state index in [0.717, 1.165) is 56.6 Å². The van der Waals surface area contributed by atoms with Gasteiger partial charge < -0.3 is 10.1 Å². The minimum atomic E-state index is -3.32. The molecule has 1 aliphatic heterocycles. The Morgan fingerprint density at radius 2 is 1.78 bits per heavy atom. The van der Waals surface area contributed by atoms with Gasteiger partial charge in [0.2, 0.25) is 10.0 Å². The molecule has 0 spiro atoms. The van der Waals surface area contributed by atoms with Gasteiger partial charge in [-0.3, -0.25) is 5.17 Å². The lowest BCUT2D eigenvalue weighted by molar-refractivity contribution is -0.854. The lowest BCUT2D eigenvalue weighted by Gasteiger charge is -2.37. The monoisotopic (exact) mass is 464 g/mol. The van der Waals surface area contributed by atoms with Gasteiger partial charge in [0.1, 0.15) is 6.04 Å². The molecule has 0 radical (unpaired) electrons. The van der Waals surface area contributed by atoms with Crippen molar-refractivity contribution >= 4 is 21.4 Å². The van der Waals surface area contributed by atoms with Gasteiger partial charge in [-0.1, -0.05) is 19.1 Å². The zero-order chi connectivity index (χ0) is 23.5. The Morgan fingerprint density at radius 3 is 2.34 bits per heavy atom. The molecule has 3 N–H and O–H groups in total. The van der Waals surface area contributed by atoms with Crippen LogP contribution in [0.1, 0.15) is 59.8 Å².